The maximum Gasteiger partial charge on any atom is 0.410 e. The molecule has 25 nitrogen and oxygen atoms in total. The van der Waals surface area contributed by atoms with Crippen molar-refractivity contribution in [3.63, 3.8) is 0 Å². The maximum absolute atomic E-state index is 12.8. The summed E-state index contributed by atoms with van der Waals surface area (Å²) in [6, 6.07) is 63.0. The molecule has 0 fully saturated rings. The molecular weight excluding hydrogens is 2010 g/mol. The van der Waals surface area contributed by atoms with Crippen LogP contribution in [0.2, 0.25) is 0 Å². The number of aromatic nitrogens is 1. The van der Waals surface area contributed by atoms with E-state index >= 15 is 0 Å². The van der Waals surface area contributed by atoms with Gasteiger partial charge in [0, 0.05) is 81.4 Å². The van der Waals surface area contributed by atoms with Crippen molar-refractivity contribution in [3.05, 3.63) is 314 Å². The summed E-state index contributed by atoms with van der Waals surface area (Å²) in [6.07, 6.45) is 2.21. The summed E-state index contributed by atoms with van der Waals surface area (Å²) in [4.78, 5) is 94.8. The Kier molecular flexibility index (Phi) is 40.3. The van der Waals surface area contributed by atoms with Crippen LogP contribution in [0.25, 0.3) is 0 Å². The van der Waals surface area contributed by atoms with Crippen molar-refractivity contribution in [2.24, 2.45) is 0 Å². The van der Waals surface area contributed by atoms with Crippen LogP contribution in [0.4, 0.5) is 23.6 Å². The summed E-state index contributed by atoms with van der Waals surface area (Å²) in [5.41, 5.74) is 12.8. The Morgan fingerprint density at radius 1 is 0.358 bits per heavy atom. The molecule has 732 valence electrons. The zero-order chi connectivity index (χ0) is 100. The number of ether oxygens (including phenoxy) is 10. The summed E-state index contributed by atoms with van der Waals surface area (Å²) in [6.45, 7) is 34.5. The average molecular weight is 2140 g/mol. The van der Waals surface area contributed by atoms with Gasteiger partial charge in [0.05, 0.1) is 49.5 Å². The summed E-state index contributed by atoms with van der Waals surface area (Å²) >= 11 is 13.5. The van der Waals surface area contributed by atoms with Gasteiger partial charge in [0.1, 0.15) is 76.6 Å². The van der Waals surface area contributed by atoms with Crippen molar-refractivity contribution in [1.29, 1.82) is 0 Å². The third kappa shape index (κ3) is 34.5. The zero-order valence-electron chi connectivity index (χ0n) is 80.9. The van der Waals surface area contributed by atoms with Crippen LogP contribution in [0.5, 0.6) is 28.7 Å². The minimum absolute atomic E-state index is 0.0510. The van der Waals surface area contributed by atoms with E-state index in [-0.39, 0.29) is 36.5 Å². The van der Waals surface area contributed by atoms with Crippen LogP contribution in [0.1, 0.15) is 213 Å². The summed E-state index contributed by atoms with van der Waals surface area (Å²) in [5, 5.41) is 23.8. The van der Waals surface area contributed by atoms with Gasteiger partial charge in [0.25, 0.3) is 0 Å². The fraction of sp³-hybridized carbons (Fsp3) is 0.383. The summed E-state index contributed by atoms with van der Waals surface area (Å²) in [7, 11) is 2.76. The number of fused-ring (bicyclic) bond motifs is 5. The van der Waals surface area contributed by atoms with Crippen LogP contribution < -0.4 is 19.5 Å². The van der Waals surface area contributed by atoms with Crippen LogP contribution in [-0.4, -0.2) is 152 Å². The molecule has 0 saturated heterocycles. The lowest BCUT2D eigenvalue weighted by Crippen LogP contribution is -2.40. The number of nitrogens with zero attached hydrogens (tertiary/aromatic N) is 5. The van der Waals surface area contributed by atoms with E-state index in [4.69, 9.17) is 47.4 Å². The molecule has 0 saturated carbocycles. The normalized spacial score (nSPS) is 13.5. The van der Waals surface area contributed by atoms with Crippen molar-refractivity contribution >= 4 is 106 Å². The van der Waals surface area contributed by atoms with Crippen molar-refractivity contribution in [2.75, 3.05) is 46.9 Å². The quantitative estimate of drug-likeness (QED) is 0.0418. The highest BCUT2D eigenvalue weighted by atomic mass is 79.9. The molecule has 0 bridgehead atoms. The molecule has 3 N–H and O–H groups in total. The van der Waals surface area contributed by atoms with E-state index in [2.05, 4.69) is 98.3 Å². The number of hydrogen-bond donors (Lipinski definition) is 3. The van der Waals surface area contributed by atoms with Gasteiger partial charge in [-0.1, -0.05) is 181 Å². The molecular formula is C107H125Br4FN6O19. The second-order valence-corrected chi connectivity index (χ2v) is 40.6. The highest BCUT2D eigenvalue weighted by molar-refractivity contribution is 9.11. The number of halogens is 5. The van der Waals surface area contributed by atoms with Gasteiger partial charge >= 0.3 is 42.3 Å². The van der Waals surface area contributed by atoms with Crippen LogP contribution >= 0.6 is 63.7 Å². The monoisotopic (exact) mass is 2130 g/mol. The molecule has 10 aromatic rings. The highest BCUT2D eigenvalue weighted by Gasteiger charge is 2.35. The molecule has 4 amide bonds. The van der Waals surface area contributed by atoms with Crippen molar-refractivity contribution in [1.82, 2.24) is 29.9 Å². The Balaban J connectivity index is 0.000000183. The molecule has 0 atom stereocenters. The first-order valence-electron chi connectivity index (χ1n) is 45.1. The Hall–Kier alpha value is -11.6. The number of phenolic OH excluding ortho intramolecular Hbond substituents is 2. The van der Waals surface area contributed by atoms with Crippen LogP contribution in [-0.2, 0) is 123 Å². The van der Waals surface area contributed by atoms with Crippen molar-refractivity contribution in [3.8, 4) is 28.7 Å². The minimum Gasteiger partial charge on any atom is -0.508 e. The number of aromatic hydroxyl groups is 2. The molecule has 5 aliphatic rings. The molecule has 137 heavy (non-hydrogen) atoms. The van der Waals surface area contributed by atoms with E-state index < -0.39 is 52.0 Å². The van der Waals surface area contributed by atoms with Gasteiger partial charge in [-0.3, -0.25) is 0 Å². The number of benzene rings is 9. The van der Waals surface area contributed by atoms with E-state index in [0.717, 1.165) is 129 Å². The van der Waals surface area contributed by atoms with Gasteiger partial charge in [0.15, 0.2) is 5.69 Å². The first kappa shape index (κ1) is 109. The van der Waals surface area contributed by atoms with Gasteiger partial charge in [-0.25, -0.2) is 38.5 Å². The second kappa shape index (κ2) is 50.7. The molecule has 0 spiro atoms. The number of carbonyl (C=O) groups is 7. The Labute approximate surface area is 837 Å². The van der Waals surface area contributed by atoms with E-state index in [0.29, 0.717) is 119 Å². The van der Waals surface area contributed by atoms with E-state index in [9.17, 15) is 48.2 Å². The third-order valence-electron chi connectivity index (χ3n) is 21.0. The number of amides is 4. The van der Waals surface area contributed by atoms with E-state index in [1.54, 1.807) is 82.8 Å². The number of phenols is 2. The summed E-state index contributed by atoms with van der Waals surface area (Å²) < 4.78 is 69.8. The van der Waals surface area contributed by atoms with Gasteiger partial charge < -0.3 is 82.5 Å². The van der Waals surface area contributed by atoms with Gasteiger partial charge in [-0.2, -0.15) is 4.39 Å². The molecule has 6 heterocycles. The number of esters is 3. The predicted molar refractivity (Wildman–Crippen MR) is 539 cm³/mol. The fourth-order valence-corrected chi connectivity index (χ4v) is 16.4. The number of hydrogen-bond acceptors (Lipinski definition) is 21. The minimum atomic E-state index is -0.709. The van der Waals surface area contributed by atoms with Crippen LogP contribution in [0.3, 0.4) is 0 Å². The third-order valence-corrected chi connectivity index (χ3v) is 23.8. The number of carbonyl (C=O) groups excluding carboxylic acids is 7. The number of rotatable bonds is 13. The smallest absolute Gasteiger partial charge is 0.410 e. The lowest BCUT2D eigenvalue weighted by Gasteiger charge is -2.32. The Morgan fingerprint density at radius 2 is 0.701 bits per heavy atom. The van der Waals surface area contributed by atoms with Crippen molar-refractivity contribution in [2.45, 2.75) is 222 Å². The van der Waals surface area contributed by atoms with E-state index in [1.165, 1.54) is 25.8 Å². The van der Waals surface area contributed by atoms with E-state index in [1.807, 2.05) is 204 Å². The number of methoxy groups -OCH3 is 2. The van der Waals surface area contributed by atoms with Crippen molar-refractivity contribution < 1.29 is 95.5 Å². The average Bonchev–Trinajstić information content (AvgIpc) is 0.782. The molecule has 30 heteroatoms. The van der Waals surface area contributed by atoms with Gasteiger partial charge in [0.2, 0.25) is 5.95 Å². The lowest BCUT2D eigenvalue weighted by atomic mass is 9.94. The van der Waals surface area contributed by atoms with Crippen LogP contribution in [0.15, 0.2) is 214 Å². The topological polar surface area (TPSA) is 290 Å². The first-order valence-corrected chi connectivity index (χ1v) is 48.6. The molecule has 0 radical (unpaired) electrons. The SMILES string of the molecule is BrCc1ccccc1.CC(C)(C)OC(=O)N1CCc2c(O)ccc(Br)c2C1.CC(C)(C)OC(=O)N1CCc2c(O)cccc2C1.CC(C)(C)OC(=O)N1CCc2c(OCc3ccccc3)ccc(Br)c2C1.CC(C)(C)OC(=O)c1nc(F)ccc1Br.COC(=O)c1ccc(OCc2ccccc2)c2c1CN(C(=O)OC(C)(C)C)CC2.COC(=O)c1ccc(OCc2ccccc2)c2c1CNCC2. The van der Waals surface area contributed by atoms with Gasteiger partial charge in [-0.15, -0.1) is 0 Å². The molecule has 5 aliphatic heterocycles. The largest absolute Gasteiger partial charge is 0.508 e. The molecule has 9 aromatic carbocycles. The first-order chi connectivity index (χ1) is 64.8. The number of pyridine rings is 1. The van der Waals surface area contributed by atoms with Crippen LogP contribution in [0, 0.1) is 5.95 Å². The molecule has 1 aromatic heterocycles. The predicted octanol–water partition coefficient (Wildman–Crippen LogP) is 24.0. The number of nitrogens with one attached hydrogen (secondary N) is 1. The number of alkyl halides is 1. The highest BCUT2D eigenvalue weighted by Crippen LogP contribution is 2.39. The Morgan fingerprint density at radius 3 is 1.11 bits per heavy atom. The zero-order valence-corrected chi connectivity index (χ0v) is 87.3. The Bertz CT molecular complexity index is 5750. The standard InChI is InChI=1S/C23H27NO5.C21H24BrNO3.C18H19NO3.C14H18BrNO3.C14H19NO3.C10H11BrFNO2.C7H7Br/c1-23(2,3)29-22(26)24-13-12-17-19(14-24)18(21(25)27-4)10-11-20(17)28-15-16-8-6-5-7-9-16;1-21(2,3)26-20(24)23-12-11-16-17(13-23)18(22)9-10-19(16)25-14-15-7-5-4-6-8-15;1-21-18(20)15-7-8-17(14-9-10-19-11-16(14)15)22-12-13-5-3-2-4-6-13;1-14(2,3)19-13(18)16-7-6-9-10(8-16)11(15)4-5-12(9)17;1-14(2,3)18-13(17)15-8-7-11-10(9-15)5-4-6-12(11)16;1-10(2,3)15-9(14)8-6(11)4-5-7(12)13-8;8-6-7-4-2-1-3-5-7/h5-11H,12-15H2,1-4H3;4-10H,11-14H2,1-3H3;2-8,19H,9-12H2,1H3;4-5,17H,6-8H2,1-3H3;4-6,16H,7-9H2,1-3H3;4-5H,1-3H3;1-5H,6H2. The van der Waals surface area contributed by atoms with Gasteiger partial charge in [-0.05, 0) is 275 Å². The summed E-state index contributed by atoms with van der Waals surface area (Å²) in [5.74, 6) is 0.993. The lowest BCUT2D eigenvalue weighted by molar-refractivity contribution is 0.00575. The maximum atomic E-state index is 12.8. The molecule has 0 aliphatic carbocycles. The molecule has 15 rings (SSSR count). The second-order valence-electron chi connectivity index (χ2n) is 37.5. The fourth-order valence-electron chi connectivity index (χ4n) is 14.6. The molecule has 0 unspecified atom stereocenters.